The van der Waals surface area contributed by atoms with Gasteiger partial charge in [0.05, 0.1) is 58.8 Å². The number of ketones is 2. The van der Waals surface area contributed by atoms with E-state index >= 15 is 0 Å². The number of carboxylic acid groups (broad SMARTS) is 1. The predicted molar refractivity (Wildman–Crippen MR) is 367 cm³/mol. The molecule has 4 aliphatic rings. The number of nitrogens with one attached hydrogen (secondary N) is 3. The van der Waals surface area contributed by atoms with E-state index < -0.39 is 42.2 Å². The van der Waals surface area contributed by atoms with Crippen LogP contribution >= 0.6 is 57.8 Å². The van der Waals surface area contributed by atoms with Gasteiger partial charge in [-0.2, -0.15) is 33.9 Å². The fraction of sp³-hybridized carbons (Fsp3) is 0.344. The van der Waals surface area contributed by atoms with Gasteiger partial charge >= 0.3 is 5.97 Å². The number of fused-ring (bicyclic) bond motifs is 4. The molecule has 2 aliphatic heterocycles. The molecule has 8 aromatic heterocycles. The number of likely N-dealkylation sites (tertiary alicyclic amines) is 1. The maximum Gasteiger partial charge on any atom is 0.325 e. The first-order valence-corrected chi connectivity index (χ1v) is 31.7. The van der Waals surface area contributed by atoms with E-state index in [9.17, 15) is 37.5 Å². The van der Waals surface area contributed by atoms with E-state index in [1.54, 1.807) is 47.4 Å². The van der Waals surface area contributed by atoms with E-state index in [1.807, 2.05) is 48.8 Å². The molecule has 4 N–H and O–H groups in total. The van der Waals surface area contributed by atoms with Gasteiger partial charge in [0.1, 0.15) is 52.1 Å². The lowest BCUT2D eigenvalue weighted by atomic mass is 10.0. The van der Waals surface area contributed by atoms with Crippen LogP contribution in [0.5, 0.6) is 0 Å². The van der Waals surface area contributed by atoms with Crippen molar-refractivity contribution in [3.05, 3.63) is 129 Å². The first-order chi connectivity index (χ1) is 43.7. The van der Waals surface area contributed by atoms with E-state index in [1.165, 1.54) is 53.3 Å². The van der Waals surface area contributed by atoms with Crippen LogP contribution in [-0.4, -0.2) is 151 Å². The lowest BCUT2D eigenvalue weighted by molar-refractivity contribution is -0.138. The molecular weight excluding hydrogens is 1430 g/mol. The fourth-order valence-electron chi connectivity index (χ4n) is 10.7. The number of nitrogens with zero attached hydrogens (tertiary/aromatic N) is 15. The van der Waals surface area contributed by atoms with E-state index in [4.69, 9.17) is 5.11 Å². The highest BCUT2D eigenvalue weighted by atomic mass is 79.9. The summed E-state index contributed by atoms with van der Waals surface area (Å²) in [5.74, 6) is -1.21. The Kier molecular flexibility index (Phi) is 23.3. The first-order valence-electron chi connectivity index (χ1n) is 28.7. The van der Waals surface area contributed by atoms with Gasteiger partial charge in [-0.05, 0) is 107 Å². The fourth-order valence-corrected chi connectivity index (χ4v) is 11.3. The summed E-state index contributed by atoms with van der Waals surface area (Å²) in [4.78, 5) is 101. The predicted octanol–water partition coefficient (Wildman–Crippen LogP) is 9.53. The summed E-state index contributed by atoms with van der Waals surface area (Å²) in [6.45, 7) is 5.82. The third-order valence-corrected chi connectivity index (χ3v) is 17.1. The van der Waals surface area contributed by atoms with Crippen LogP contribution in [0.25, 0.3) is 55.4 Å². The van der Waals surface area contributed by atoms with Crippen LogP contribution in [0.1, 0.15) is 115 Å². The van der Waals surface area contributed by atoms with Gasteiger partial charge in [0, 0.05) is 126 Å². The largest absolute Gasteiger partial charge is 0.480 e. The van der Waals surface area contributed by atoms with Crippen LogP contribution in [0.15, 0.2) is 94.9 Å². The van der Waals surface area contributed by atoms with Crippen LogP contribution in [0.2, 0.25) is 0 Å². The molecule has 2 aliphatic carbocycles. The molecule has 0 bridgehead atoms. The number of carbonyl (C=O) groups is 6. The molecule has 14 rings (SSSR count). The number of hydrogen-bond donors (Lipinski definition) is 4. The number of alkyl halides is 2. The summed E-state index contributed by atoms with van der Waals surface area (Å²) in [7, 11) is 0. The molecule has 0 radical (unpaired) electrons. The SMILES string of the molecule is C.CC(=O)c1nn(CC(=O)N2C[C@H](F)C[C@H]2C(=O)Nc2cnc(C)c(Br)n2)c2ccc(-c3cnc4cc(C5CC5)nn4c3)cc12.CC(=O)c1nn(CC(=O)O)c2ccc(-c3cnc4cc(C5CC5)nn4c3)cc12.Cc1ncc(NC(=O)[C@@H]2C[C@@H](F)CN2)nc1Br.Cl.S.S=S. The summed E-state index contributed by atoms with van der Waals surface area (Å²) in [5, 5.41) is 36.3. The number of aromatic nitrogens is 14. The number of rotatable bonds is 14. The topological polar surface area (TPSA) is 310 Å². The van der Waals surface area contributed by atoms with Crippen molar-refractivity contribution in [2.75, 3.05) is 23.7 Å². The third-order valence-electron chi connectivity index (χ3n) is 15.6. The smallest absolute Gasteiger partial charge is 0.325 e. The summed E-state index contributed by atoms with van der Waals surface area (Å²) in [6, 6.07) is 13.5. The maximum atomic E-state index is 14.6. The van der Waals surface area contributed by atoms with Crippen molar-refractivity contribution in [2.45, 2.75) is 123 Å². The zero-order valence-corrected chi connectivity index (χ0v) is 56.6. The van der Waals surface area contributed by atoms with Gasteiger partial charge in [-0.1, -0.05) is 19.6 Å². The van der Waals surface area contributed by atoms with E-state index in [-0.39, 0.29) is 107 Å². The zero-order valence-electron chi connectivity index (χ0n) is 50.0. The Hall–Kier alpha value is -8.14. The molecule has 492 valence electrons. The number of aliphatic carboxylic acids is 1. The molecule has 2 saturated carbocycles. The van der Waals surface area contributed by atoms with Gasteiger partial charge in [0.2, 0.25) is 17.7 Å². The van der Waals surface area contributed by atoms with Gasteiger partial charge in [-0.25, -0.2) is 37.7 Å². The molecule has 0 unspecified atom stereocenters. The van der Waals surface area contributed by atoms with Crippen molar-refractivity contribution in [3.63, 3.8) is 0 Å². The Morgan fingerprint density at radius 2 is 1.11 bits per heavy atom. The second kappa shape index (κ2) is 30.5. The number of benzene rings is 2. The minimum Gasteiger partial charge on any atom is -0.480 e. The summed E-state index contributed by atoms with van der Waals surface area (Å²) in [5.41, 5.74) is 10.1. The second-order valence-electron chi connectivity index (χ2n) is 22.4. The highest BCUT2D eigenvalue weighted by Crippen LogP contribution is 2.41. The number of carbonyl (C=O) groups excluding carboxylic acids is 5. The van der Waals surface area contributed by atoms with Crippen molar-refractivity contribution >= 4 is 160 Å². The van der Waals surface area contributed by atoms with Crippen LogP contribution in [0, 0.1) is 13.8 Å². The number of hydrogen-bond acceptors (Lipinski definition) is 19. The summed E-state index contributed by atoms with van der Waals surface area (Å²) in [6.07, 6.45) is 12.6. The molecule has 3 amide bonds. The molecule has 2 saturated heterocycles. The Balaban J connectivity index is 0.000000194. The summed E-state index contributed by atoms with van der Waals surface area (Å²) < 4.78 is 34.8. The second-order valence-corrected chi connectivity index (χ2v) is 23.9. The number of anilines is 2. The molecule has 33 heteroatoms. The zero-order chi connectivity index (χ0) is 64.5. The van der Waals surface area contributed by atoms with Crippen molar-refractivity contribution in [2.24, 2.45) is 0 Å². The average molecular weight is 1490 g/mol. The van der Waals surface area contributed by atoms with Crippen molar-refractivity contribution < 1.29 is 42.7 Å². The molecule has 10 aromatic rings. The molecule has 4 atom stereocenters. The molecule has 4 fully saturated rings. The normalized spacial score (nSPS) is 17.1. The minimum absolute atomic E-state index is 0. The average Bonchev–Trinajstić information content (AvgIpc) is 1.59. The van der Waals surface area contributed by atoms with Gasteiger partial charge < -0.3 is 26.0 Å². The molecule has 0 spiro atoms. The lowest BCUT2D eigenvalue weighted by Crippen LogP contribution is -2.44. The molecule has 2 aromatic carbocycles. The van der Waals surface area contributed by atoms with E-state index in [2.05, 4.69) is 120 Å². The Morgan fingerprint density at radius 1 is 0.638 bits per heavy atom. The van der Waals surface area contributed by atoms with Crippen LogP contribution in [0.3, 0.4) is 0 Å². The van der Waals surface area contributed by atoms with Crippen LogP contribution in [0.4, 0.5) is 20.4 Å². The van der Waals surface area contributed by atoms with Gasteiger partial charge in [-0.3, -0.25) is 48.1 Å². The van der Waals surface area contributed by atoms with Crippen molar-refractivity contribution in [1.29, 1.82) is 0 Å². The monoisotopic (exact) mass is 1490 g/mol. The van der Waals surface area contributed by atoms with Crippen LogP contribution in [-0.2, 0) is 54.6 Å². The van der Waals surface area contributed by atoms with Crippen LogP contribution < -0.4 is 16.0 Å². The summed E-state index contributed by atoms with van der Waals surface area (Å²) >= 11 is 13.8. The van der Waals surface area contributed by atoms with Crippen molar-refractivity contribution in [3.8, 4) is 22.3 Å². The quantitative estimate of drug-likeness (QED) is 0.0736. The van der Waals surface area contributed by atoms with E-state index in [0.717, 1.165) is 63.5 Å². The molecular formula is C61H63Br2ClF2N18O7S3. The van der Waals surface area contributed by atoms with E-state index in [0.29, 0.717) is 54.4 Å². The third kappa shape index (κ3) is 16.1. The van der Waals surface area contributed by atoms with Gasteiger partial charge in [0.15, 0.2) is 34.5 Å². The molecule has 94 heavy (non-hydrogen) atoms. The Bertz CT molecular complexity index is 4550. The molecule has 10 heterocycles. The Labute approximate surface area is 575 Å². The number of amides is 3. The maximum absolute atomic E-state index is 14.6. The highest BCUT2D eigenvalue weighted by molar-refractivity contribution is 9.10. The number of carboxylic acids is 1. The number of aryl methyl sites for hydroxylation is 2. The standard InChI is InChI=1S/C30H27BrFN9O3.C20H17N5O3.C10H12BrFN4O.CH4.ClH.S2.H2S/c1-15-29(31)35-25(11-33-15)36-30(44)24-8-20(32)13-39(24)27(43)14-40-23-6-5-18(7-21(23)28(38-40)16(2)42)19-10-34-26-9-22(17-3-4-17)37-41(26)12-19;1-11(26)20-15-6-13(4-5-17(15)24(23-20)10-19(27)28)14-8-21-18-7-16(12-2-3-12)22-25(18)9-14;1-5-9(11)15-8(4-13-5)16-10(17)7-2-6(12)3-14-7;;;1-2;/h5-7,9-12,17,20,24H,3-4,8,13-14H2,1-2H3,(H,35,36,44);4-9,12H,2-3,10H2,1H3,(H,27,28);4,6-7,14H,2-3H2,1H3,(H,15,16,17);1H4;1H;;1H2/t20-,24+;;6-,7+;;;;/m1.1..../s1. The minimum atomic E-state index is -1.36. The number of halogens is 5. The highest BCUT2D eigenvalue weighted by Gasteiger charge is 2.40. The van der Waals surface area contributed by atoms with Gasteiger partial charge in [-0.15, -0.1) is 12.4 Å². The number of Topliss-reactive ketones (excluding diaryl/α,β-unsaturated/α-hetero) is 2. The van der Waals surface area contributed by atoms with Crippen molar-refractivity contribution in [1.82, 2.24) is 78.9 Å². The lowest BCUT2D eigenvalue weighted by Gasteiger charge is -2.23. The van der Waals surface area contributed by atoms with Gasteiger partial charge in [0.25, 0.3) is 0 Å². The Morgan fingerprint density at radius 3 is 1.53 bits per heavy atom. The first kappa shape index (κ1) is 71.7. The molecule has 25 nitrogen and oxygen atoms in total.